The fourth-order valence-corrected chi connectivity index (χ4v) is 2.75. The molecule has 22 heavy (non-hydrogen) atoms. The van der Waals surface area contributed by atoms with E-state index in [2.05, 4.69) is 15.1 Å². The highest BCUT2D eigenvalue weighted by molar-refractivity contribution is 6.45. The van der Waals surface area contributed by atoms with Crippen LogP contribution in [0.15, 0.2) is 45.0 Å². The standard InChI is InChI=1S/C16H13FN4O/c17-11-7-5-10(6-8-11)9-14-15(22)19-16-18-12-3-1-2-4-13(12)20-21(14)16/h5-9H,1-4H2. The van der Waals surface area contributed by atoms with E-state index in [1.165, 1.54) is 17.1 Å². The second kappa shape index (κ2) is 4.98. The number of carbonyl (C=O) groups is 1. The van der Waals surface area contributed by atoms with E-state index in [1.54, 1.807) is 18.2 Å². The number of fused-ring (bicyclic) bond motifs is 2. The van der Waals surface area contributed by atoms with Crippen molar-refractivity contribution in [2.45, 2.75) is 25.7 Å². The normalized spacial score (nSPS) is 22.0. The average molecular weight is 296 g/mol. The summed E-state index contributed by atoms with van der Waals surface area (Å²) in [5.41, 5.74) is 2.95. The van der Waals surface area contributed by atoms with E-state index in [1.807, 2.05) is 0 Å². The van der Waals surface area contributed by atoms with Crippen LogP contribution in [0.5, 0.6) is 0 Å². The molecule has 1 amide bonds. The van der Waals surface area contributed by atoms with E-state index in [0.717, 1.165) is 42.7 Å². The van der Waals surface area contributed by atoms with Gasteiger partial charge in [-0.1, -0.05) is 12.1 Å². The quantitative estimate of drug-likeness (QED) is 0.748. The Morgan fingerprint density at radius 3 is 2.55 bits per heavy atom. The van der Waals surface area contributed by atoms with Gasteiger partial charge in [-0.05, 0) is 49.5 Å². The minimum Gasteiger partial charge on any atom is -0.265 e. The summed E-state index contributed by atoms with van der Waals surface area (Å²) in [5, 5.41) is 6.03. The average Bonchev–Trinajstić information content (AvgIpc) is 2.82. The Kier molecular flexibility index (Phi) is 2.96. The zero-order valence-electron chi connectivity index (χ0n) is 11.8. The molecule has 5 nitrogen and oxygen atoms in total. The number of nitrogens with zero attached hydrogens (tertiary/aromatic N) is 4. The van der Waals surface area contributed by atoms with Crippen molar-refractivity contribution in [2.75, 3.05) is 0 Å². The largest absolute Gasteiger partial charge is 0.299 e. The van der Waals surface area contributed by atoms with Gasteiger partial charge in [-0.25, -0.2) is 9.38 Å². The second-order valence-electron chi connectivity index (χ2n) is 5.42. The van der Waals surface area contributed by atoms with Crippen LogP contribution in [0.25, 0.3) is 6.08 Å². The molecule has 0 atom stereocenters. The van der Waals surface area contributed by atoms with Gasteiger partial charge >= 0.3 is 0 Å². The number of hydrazone groups is 1. The number of aliphatic imine (C=N–C) groups is 2. The first-order valence-corrected chi connectivity index (χ1v) is 7.26. The summed E-state index contributed by atoms with van der Waals surface area (Å²) in [7, 11) is 0. The van der Waals surface area contributed by atoms with Crippen molar-refractivity contribution in [3.8, 4) is 0 Å². The van der Waals surface area contributed by atoms with Crippen molar-refractivity contribution < 1.29 is 9.18 Å². The first-order valence-electron chi connectivity index (χ1n) is 7.26. The second-order valence-corrected chi connectivity index (χ2v) is 5.42. The van der Waals surface area contributed by atoms with E-state index in [9.17, 15) is 9.18 Å². The van der Waals surface area contributed by atoms with Crippen LogP contribution >= 0.6 is 0 Å². The van der Waals surface area contributed by atoms with E-state index >= 15 is 0 Å². The molecular formula is C16H13FN4O. The Morgan fingerprint density at radius 1 is 1.05 bits per heavy atom. The molecule has 1 saturated carbocycles. The maximum absolute atomic E-state index is 13.0. The van der Waals surface area contributed by atoms with Crippen LogP contribution < -0.4 is 0 Å². The van der Waals surface area contributed by atoms with Crippen LogP contribution in [0.1, 0.15) is 31.2 Å². The first kappa shape index (κ1) is 13.1. The van der Waals surface area contributed by atoms with Gasteiger partial charge in [0.05, 0.1) is 11.4 Å². The molecule has 0 saturated heterocycles. The predicted octanol–water partition coefficient (Wildman–Crippen LogP) is 2.75. The van der Waals surface area contributed by atoms with Crippen LogP contribution in [0.3, 0.4) is 0 Å². The summed E-state index contributed by atoms with van der Waals surface area (Å²) >= 11 is 0. The molecule has 6 heteroatoms. The van der Waals surface area contributed by atoms with Gasteiger partial charge in [0, 0.05) is 0 Å². The van der Waals surface area contributed by atoms with Crippen LogP contribution in [0.2, 0.25) is 0 Å². The van der Waals surface area contributed by atoms with Crippen LogP contribution in [0.4, 0.5) is 4.39 Å². The molecule has 0 aromatic heterocycles. The van der Waals surface area contributed by atoms with Gasteiger partial charge in [0.25, 0.3) is 11.9 Å². The molecule has 1 aliphatic carbocycles. The molecule has 0 radical (unpaired) electrons. The SMILES string of the molecule is O=C1N=C2N=C3CCCCC3=NN2C1=Cc1ccc(F)cc1. The highest BCUT2D eigenvalue weighted by Gasteiger charge is 2.34. The van der Waals surface area contributed by atoms with E-state index in [-0.39, 0.29) is 11.7 Å². The van der Waals surface area contributed by atoms with Gasteiger partial charge < -0.3 is 0 Å². The number of rotatable bonds is 1. The minimum atomic E-state index is -0.369. The number of amides is 1. The molecule has 0 unspecified atom stereocenters. The van der Waals surface area contributed by atoms with Gasteiger partial charge in [-0.15, -0.1) is 0 Å². The first-order chi connectivity index (χ1) is 10.7. The fourth-order valence-electron chi connectivity index (χ4n) is 2.75. The summed E-state index contributed by atoms with van der Waals surface area (Å²) in [4.78, 5) is 20.5. The molecule has 2 heterocycles. The van der Waals surface area contributed by atoms with Gasteiger partial charge in [-0.3, -0.25) is 4.79 Å². The monoisotopic (exact) mass is 296 g/mol. The summed E-state index contributed by atoms with van der Waals surface area (Å²) < 4.78 is 13.0. The lowest BCUT2D eigenvalue weighted by molar-refractivity contribution is -0.114. The Hall–Kier alpha value is -2.63. The van der Waals surface area contributed by atoms with Gasteiger partial charge in [0.15, 0.2) is 0 Å². The summed E-state index contributed by atoms with van der Waals surface area (Å²) in [6, 6.07) is 5.93. The van der Waals surface area contributed by atoms with Crippen molar-refractivity contribution in [1.82, 2.24) is 5.01 Å². The molecular weight excluding hydrogens is 283 g/mol. The zero-order chi connectivity index (χ0) is 15.1. The lowest BCUT2D eigenvalue weighted by Crippen LogP contribution is -2.33. The minimum absolute atomic E-state index is 0.313. The Bertz CT molecular complexity index is 774. The van der Waals surface area contributed by atoms with Crippen molar-refractivity contribution in [3.05, 3.63) is 41.3 Å². The molecule has 3 aliphatic rings. The highest BCUT2D eigenvalue weighted by Crippen LogP contribution is 2.26. The number of halogens is 1. The Balaban J connectivity index is 1.71. The predicted molar refractivity (Wildman–Crippen MR) is 82.0 cm³/mol. The van der Waals surface area contributed by atoms with E-state index in [4.69, 9.17) is 0 Å². The summed E-state index contributed by atoms with van der Waals surface area (Å²) in [6.07, 6.45) is 5.60. The molecule has 1 fully saturated rings. The van der Waals surface area contributed by atoms with Gasteiger partial charge in [0.2, 0.25) is 0 Å². The van der Waals surface area contributed by atoms with Crippen molar-refractivity contribution >= 4 is 29.4 Å². The van der Waals surface area contributed by atoms with E-state index < -0.39 is 0 Å². The molecule has 0 bridgehead atoms. The van der Waals surface area contributed by atoms with Crippen molar-refractivity contribution in [2.24, 2.45) is 15.1 Å². The summed E-state index contributed by atoms with van der Waals surface area (Å²) in [5.74, 6) is -0.350. The van der Waals surface area contributed by atoms with Crippen LogP contribution in [-0.2, 0) is 4.79 Å². The van der Waals surface area contributed by atoms with Crippen molar-refractivity contribution in [1.29, 1.82) is 0 Å². The van der Waals surface area contributed by atoms with Crippen molar-refractivity contribution in [3.63, 3.8) is 0 Å². The smallest absolute Gasteiger partial charge is 0.265 e. The molecule has 0 N–H and O–H groups in total. The molecule has 0 spiro atoms. The number of hydrogen-bond donors (Lipinski definition) is 0. The Labute approximate surface area is 126 Å². The molecule has 110 valence electrons. The Morgan fingerprint density at radius 2 is 1.77 bits per heavy atom. The fraction of sp³-hybridized carbons (Fsp3) is 0.250. The molecule has 4 rings (SSSR count). The molecule has 2 aliphatic heterocycles. The molecule has 1 aromatic rings. The number of guanidine groups is 1. The lowest BCUT2D eigenvalue weighted by atomic mass is 9.96. The van der Waals surface area contributed by atoms with Gasteiger partial charge in [-0.2, -0.15) is 15.1 Å². The third-order valence-corrected chi connectivity index (χ3v) is 3.88. The lowest BCUT2D eigenvalue weighted by Gasteiger charge is -2.24. The topological polar surface area (TPSA) is 57.4 Å². The van der Waals surface area contributed by atoms with Gasteiger partial charge in [0.1, 0.15) is 11.5 Å². The van der Waals surface area contributed by atoms with E-state index in [0.29, 0.717) is 11.7 Å². The third kappa shape index (κ3) is 2.16. The van der Waals surface area contributed by atoms with Crippen LogP contribution in [-0.4, -0.2) is 28.3 Å². The maximum atomic E-state index is 13.0. The zero-order valence-corrected chi connectivity index (χ0v) is 11.8. The van der Waals surface area contributed by atoms with Crippen LogP contribution in [0, 0.1) is 5.82 Å². The number of hydrogen-bond acceptors (Lipinski definition) is 4. The summed E-state index contributed by atoms with van der Waals surface area (Å²) in [6.45, 7) is 0. The third-order valence-electron chi connectivity index (χ3n) is 3.88. The molecule has 1 aromatic carbocycles. The number of benzene rings is 1. The highest BCUT2D eigenvalue weighted by atomic mass is 19.1. The maximum Gasteiger partial charge on any atom is 0.299 e. The number of carbonyl (C=O) groups excluding carboxylic acids is 1.